The van der Waals surface area contributed by atoms with Crippen LogP contribution in [0.2, 0.25) is 0 Å². The summed E-state index contributed by atoms with van der Waals surface area (Å²) in [7, 11) is -0.455. The summed E-state index contributed by atoms with van der Waals surface area (Å²) in [6.45, 7) is 13.7. The van der Waals surface area contributed by atoms with E-state index in [1.54, 1.807) is 19.1 Å². The van der Waals surface area contributed by atoms with E-state index in [1.807, 2.05) is 39.8 Å². The molecule has 0 radical (unpaired) electrons. The Labute approximate surface area is 121 Å². The fourth-order valence-corrected chi connectivity index (χ4v) is 2.04. The van der Waals surface area contributed by atoms with Gasteiger partial charge in [0.15, 0.2) is 5.78 Å². The number of carbonyl (C=O) groups excluding carboxylic acids is 1. The van der Waals surface area contributed by atoms with E-state index in [-0.39, 0.29) is 17.0 Å². The minimum Gasteiger partial charge on any atom is -0.399 e. The molecule has 0 spiro atoms. The van der Waals surface area contributed by atoms with E-state index >= 15 is 0 Å². The highest BCUT2D eigenvalue weighted by atomic mass is 16.7. The van der Waals surface area contributed by atoms with Crippen LogP contribution < -0.4 is 0 Å². The van der Waals surface area contributed by atoms with E-state index in [1.165, 1.54) is 0 Å². The van der Waals surface area contributed by atoms with Crippen LogP contribution in [0.25, 0.3) is 5.47 Å². The highest BCUT2D eigenvalue weighted by Crippen LogP contribution is 2.40. The molecule has 0 aliphatic carbocycles. The summed E-state index contributed by atoms with van der Waals surface area (Å²) >= 11 is 0. The Bertz CT molecular complexity index is 527. The molecule has 1 saturated heterocycles. The molecule has 1 heterocycles. The third kappa shape index (κ3) is 2.58. The maximum Gasteiger partial charge on any atom is 0.494 e. The molecule has 2 rings (SSSR count). The average molecular weight is 272 g/mol. The molecule has 0 amide bonds. The van der Waals surface area contributed by atoms with Crippen molar-refractivity contribution in [2.75, 3.05) is 0 Å². The topological polar surface area (TPSA) is 35.5 Å². The fourth-order valence-electron chi connectivity index (χ4n) is 2.04. The summed E-state index contributed by atoms with van der Waals surface area (Å²) in [5, 5.41) is 0. The number of rotatable bonds is 3. The van der Waals surface area contributed by atoms with Crippen molar-refractivity contribution >= 4 is 18.4 Å². The van der Waals surface area contributed by atoms with Crippen molar-refractivity contribution in [2.45, 2.75) is 45.8 Å². The Morgan fingerprint density at radius 1 is 1.00 bits per heavy atom. The molecule has 0 aromatic heterocycles. The molecule has 1 aliphatic heterocycles. The quantitative estimate of drug-likeness (QED) is 0.623. The van der Waals surface area contributed by atoms with Gasteiger partial charge in [0.2, 0.25) is 0 Å². The Morgan fingerprint density at radius 2 is 1.40 bits per heavy atom. The third-order valence-corrected chi connectivity index (χ3v) is 4.20. The summed E-state index contributed by atoms with van der Waals surface area (Å²) in [6.07, 6.45) is 0. The predicted octanol–water partition coefficient (Wildman–Crippen LogP) is 3.53. The van der Waals surface area contributed by atoms with E-state index in [2.05, 4.69) is 6.58 Å². The molecule has 1 fully saturated rings. The first-order chi connectivity index (χ1) is 9.14. The van der Waals surface area contributed by atoms with Gasteiger partial charge in [0, 0.05) is 5.56 Å². The molecule has 0 saturated carbocycles. The van der Waals surface area contributed by atoms with Gasteiger partial charge in [-0.05, 0) is 45.7 Å². The Balaban J connectivity index is 2.19. The van der Waals surface area contributed by atoms with E-state index < -0.39 is 7.12 Å². The lowest BCUT2D eigenvalue weighted by Gasteiger charge is -2.32. The average Bonchev–Trinajstić information content (AvgIpc) is 2.57. The third-order valence-electron chi connectivity index (χ3n) is 4.20. The van der Waals surface area contributed by atoms with Gasteiger partial charge in [-0.25, -0.2) is 0 Å². The summed E-state index contributed by atoms with van der Waals surface area (Å²) in [6, 6.07) is 7.36. The predicted molar refractivity (Wildman–Crippen MR) is 81.6 cm³/mol. The van der Waals surface area contributed by atoms with Crippen LogP contribution in [0, 0.1) is 0 Å². The van der Waals surface area contributed by atoms with Crippen molar-refractivity contribution in [3.05, 3.63) is 42.0 Å². The standard InChI is InChI=1S/C16H21BO3/c1-11(13-7-9-14(10-8-13)12(2)18)17-19-15(3,4)16(5,6)20-17/h7-10H,1H2,2-6H3. The van der Waals surface area contributed by atoms with Gasteiger partial charge in [-0.3, -0.25) is 4.79 Å². The van der Waals surface area contributed by atoms with Gasteiger partial charge in [0.1, 0.15) is 0 Å². The van der Waals surface area contributed by atoms with E-state index in [4.69, 9.17) is 9.31 Å². The summed E-state index contributed by atoms with van der Waals surface area (Å²) in [4.78, 5) is 11.3. The second-order valence-corrected chi connectivity index (χ2v) is 6.25. The Hall–Kier alpha value is -1.39. The number of ketones is 1. The van der Waals surface area contributed by atoms with Crippen LogP contribution in [-0.4, -0.2) is 24.1 Å². The molecule has 1 aromatic rings. The second-order valence-electron chi connectivity index (χ2n) is 6.25. The molecular formula is C16H21BO3. The van der Waals surface area contributed by atoms with Gasteiger partial charge in [0.05, 0.1) is 11.2 Å². The fraction of sp³-hybridized carbons (Fsp3) is 0.438. The lowest BCUT2D eigenvalue weighted by molar-refractivity contribution is 0.00578. The van der Waals surface area contributed by atoms with Gasteiger partial charge in [0.25, 0.3) is 0 Å². The van der Waals surface area contributed by atoms with Crippen LogP contribution in [0.4, 0.5) is 0 Å². The molecule has 0 bridgehead atoms. The van der Waals surface area contributed by atoms with Crippen LogP contribution in [0.5, 0.6) is 0 Å². The molecule has 0 unspecified atom stereocenters. The summed E-state index contributed by atoms with van der Waals surface area (Å²) in [5.74, 6) is 0.0535. The lowest BCUT2D eigenvalue weighted by Crippen LogP contribution is -2.41. The van der Waals surface area contributed by atoms with Crippen LogP contribution in [0.1, 0.15) is 50.5 Å². The first kappa shape index (κ1) is 15.0. The van der Waals surface area contributed by atoms with Crippen molar-refractivity contribution in [2.24, 2.45) is 0 Å². The van der Waals surface area contributed by atoms with Crippen LogP contribution in [-0.2, 0) is 9.31 Å². The van der Waals surface area contributed by atoms with Crippen molar-refractivity contribution in [1.29, 1.82) is 0 Å². The lowest BCUT2D eigenvalue weighted by atomic mass is 9.75. The van der Waals surface area contributed by atoms with E-state index in [0.29, 0.717) is 5.56 Å². The molecule has 20 heavy (non-hydrogen) atoms. The molecule has 0 atom stereocenters. The largest absolute Gasteiger partial charge is 0.494 e. The van der Waals surface area contributed by atoms with Crippen molar-refractivity contribution < 1.29 is 14.1 Å². The SMILES string of the molecule is C=C(B1OC(C)(C)C(C)(C)O1)c1ccc(C(C)=O)cc1. The molecule has 106 valence electrons. The highest BCUT2D eigenvalue weighted by Gasteiger charge is 2.52. The smallest absolute Gasteiger partial charge is 0.399 e. The van der Waals surface area contributed by atoms with E-state index in [0.717, 1.165) is 11.0 Å². The van der Waals surface area contributed by atoms with Crippen LogP contribution in [0.3, 0.4) is 0 Å². The minimum atomic E-state index is -0.455. The highest BCUT2D eigenvalue weighted by molar-refractivity contribution is 6.68. The van der Waals surface area contributed by atoms with Gasteiger partial charge in [-0.15, -0.1) is 0 Å². The molecule has 0 N–H and O–H groups in total. The summed E-state index contributed by atoms with van der Waals surface area (Å²) < 4.78 is 11.9. The first-order valence-corrected chi connectivity index (χ1v) is 6.80. The monoisotopic (exact) mass is 272 g/mol. The zero-order chi connectivity index (χ0) is 15.1. The Kier molecular flexibility index (Phi) is 3.65. The van der Waals surface area contributed by atoms with Gasteiger partial charge in [-0.2, -0.15) is 0 Å². The van der Waals surface area contributed by atoms with Crippen LogP contribution >= 0.6 is 0 Å². The minimum absolute atomic E-state index is 0.0535. The van der Waals surface area contributed by atoms with Gasteiger partial charge in [-0.1, -0.05) is 30.8 Å². The zero-order valence-corrected chi connectivity index (χ0v) is 12.8. The van der Waals surface area contributed by atoms with Gasteiger partial charge < -0.3 is 9.31 Å². The Morgan fingerprint density at radius 3 is 1.80 bits per heavy atom. The van der Waals surface area contributed by atoms with E-state index in [9.17, 15) is 4.79 Å². The molecule has 4 heteroatoms. The number of hydrogen-bond donors (Lipinski definition) is 0. The maximum atomic E-state index is 11.3. The second kappa shape index (κ2) is 4.87. The maximum absolute atomic E-state index is 11.3. The summed E-state index contributed by atoms with van der Waals surface area (Å²) in [5.41, 5.74) is 1.64. The molecule has 3 nitrogen and oxygen atoms in total. The number of benzene rings is 1. The number of Topliss-reactive ketones (excluding diaryl/α,β-unsaturated/α-hetero) is 1. The van der Waals surface area contributed by atoms with Gasteiger partial charge >= 0.3 is 7.12 Å². The molecular weight excluding hydrogens is 251 g/mol. The number of carbonyl (C=O) groups is 1. The molecule has 1 aliphatic rings. The zero-order valence-electron chi connectivity index (χ0n) is 12.8. The van der Waals surface area contributed by atoms with Crippen LogP contribution in [0.15, 0.2) is 30.8 Å². The van der Waals surface area contributed by atoms with Crippen molar-refractivity contribution in [3.8, 4) is 0 Å². The number of hydrogen-bond acceptors (Lipinski definition) is 3. The van der Waals surface area contributed by atoms with Crippen molar-refractivity contribution in [3.63, 3.8) is 0 Å². The van der Waals surface area contributed by atoms with Crippen molar-refractivity contribution in [1.82, 2.24) is 0 Å². The first-order valence-electron chi connectivity index (χ1n) is 6.80. The normalized spacial score (nSPS) is 19.9. The molecule has 1 aromatic carbocycles.